The van der Waals surface area contributed by atoms with Crippen molar-refractivity contribution in [2.24, 2.45) is 5.73 Å². The van der Waals surface area contributed by atoms with Crippen molar-refractivity contribution in [2.45, 2.75) is 31.2 Å². The highest BCUT2D eigenvalue weighted by Gasteiger charge is 2.22. The van der Waals surface area contributed by atoms with Gasteiger partial charge in [-0.25, -0.2) is 4.39 Å². The van der Waals surface area contributed by atoms with Gasteiger partial charge in [-0.05, 0) is 42.9 Å². The molecule has 0 bridgehead atoms. The summed E-state index contributed by atoms with van der Waals surface area (Å²) >= 11 is 0. The lowest BCUT2D eigenvalue weighted by atomic mass is 9.98. The molecule has 2 N–H and O–H groups in total. The van der Waals surface area contributed by atoms with Crippen LogP contribution in [0.3, 0.4) is 0 Å². The van der Waals surface area contributed by atoms with Crippen LogP contribution in [0.25, 0.3) is 0 Å². The van der Waals surface area contributed by atoms with Crippen LogP contribution >= 0.6 is 0 Å². The molecule has 2 atom stereocenters. The molecule has 13 heavy (non-hydrogen) atoms. The van der Waals surface area contributed by atoms with Crippen molar-refractivity contribution in [3.8, 4) is 0 Å². The van der Waals surface area contributed by atoms with Gasteiger partial charge in [-0.3, -0.25) is 0 Å². The molecule has 0 radical (unpaired) electrons. The molecule has 0 amide bonds. The normalized spacial score (nSPS) is 27.8. The third-order valence-corrected chi connectivity index (χ3v) is 2.81. The van der Waals surface area contributed by atoms with E-state index in [0.29, 0.717) is 12.0 Å². The molecule has 2 rings (SSSR count). The summed E-state index contributed by atoms with van der Waals surface area (Å²) in [6, 6.07) is 7.14. The Morgan fingerprint density at radius 1 is 1.15 bits per heavy atom. The van der Waals surface area contributed by atoms with Gasteiger partial charge in [0, 0.05) is 6.04 Å². The van der Waals surface area contributed by atoms with Crippen LogP contribution < -0.4 is 5.73 Å². The third-order valence-electron chi connectivity index (χ3n) is 2.81. The molecular weight excluding hydrogens is 165 g/mol. The maximum atomic E-state index is 12.6. The first-order valence-electron chi connectivity index (χ1n) is 4.77. The maximum Gasteiger partial charge on any atom is 0.123 e. The molecule has 1 aromatic rings. The Labute approximate surface area is 77.8 Å². The van der Waals surface area contributed by atoms with Gasteiger partial charge >= 0.3 is 0 Å². The Balaban J connectivity index is 2.13. The van der Waals surface area contributed by atoms with Gasteiger partial charge in [-0.2, -0.15) is 0 Å². The van der Waals surface area contributed by atoms with Crippen molar-refractivity contribution in [3.05, 3.63) is 35.6 Å². The molecule has 1 aliphatic carbocycles. The topological polar surface area (TPSA) is 26.0 Å². The molecule has 0 aromatic heterocycles. The Hall–Kier alpha value is -0.890. The van der Waals surface area contributed by atoms with Crippen molar-refractivity contribution in [3.63, 3.8) is 0 Å². The fourth-order valence-corrected chi connectivity index (χ4v) is 2.05. The highest BCUT2D eigenvalue weighted by molar-refractivity contribution is 5.21. The van der Waals surface area contributed by atoms with E-state index in [9.17, 15) is 4.39 Å². The lowest BCUT2D eigenvalue weighted by molar-refractivity contribution is 0.623. The minimum atomic E-state index is -0.161. The van der Waals surface area contributed by atoms with Gasteiger partial charge in [0.25, 0.3) is 0 Å². The van der Waals surface area contributed by atoms with E-state index in [1.807, 2.05) is 12.1 Å². The van der Waals surface area contributed by atoms with E-state index in [4.69, 9.17) is 5.73 Å². The second kappa shape index (κ2) is 3.46. The average molecular weight is 179 g/mol. The zero-order valence-electron chi connectivity index (χ0n) is 7.54. The Morgan fingerprint density at radius 3 is 2.38 bits per heavy atom. The van der Waals surface area contributed by atoms with Gasteiger partial charge in [0.05, 0.1) is 0 Å². The number of nitrogens with two attached hydrogens (primary N) is 1. The number of benzene rings is 1. The number of hydrogen-bond donors (Lipinski definition) is 1. The third kappa shape index (κ3) is 1.89. The molecule has 0 spiro atoms. The molecule has 0 heterocycles. The minimum Gasteiger partial charge on any atom is -0.328 e. The van der Waals surface area contributed by atoms with Crippen LogP contribution in [0.2, 0.25) is 0 Å². The SMILES string of the molecule is N[C@H]1CC[C@H](c2ccc(F)cc2)C1. The lowest BCUT2D eigenvalue weighted by Crippen LogP contribution is -2.14. The first-order chi connectivity index (χ1) is 6.25. The quantitative estimate of drug-likeness (QED) is 0.704. The fourth-order valence-electron chi connectivity index (χ4n) is 2.05. The number of hydrogen-bond acceptors (Lipinski definition) is 1. The molecule has 1 fully saturated rings. The highest BCUT2D eigenvalue weighted by Crippen LogP contribution is 2.33. The number of rotatable bonds is 1. The molecule has 70 valence electrons. The Morgan fingerprint density at radius 2 is 1.85 bits per heavy atom. The highest BCUT2D eigenvalue weighted by atomic mass is 19.1. The fraction of sp³-hybridized carbons (Fsp3) is 0.455. The molecule has 0 saturated heterocycles. The summed E-state index contributed by atoms with van der Waals surface area (Å²) in [5.74, 6) is 0.390. The Bertz CT molecular complexity index is 281. The monoisotopic (exact) mass is 179 g/mol. The van der Waals surface area contributed by atoms with Crippen molar-refractivity contribution in [1.82, 2.24) is 0 Å². The standard InChI is InChI=1S/C11H14FN/c12-10-4-1-8(2-5-10)9-3-6-11(13)7-9/h1-2,4-5,9,11H,3,6-7,13H2/t9-,11-/m0/s1. The van der Waals surface area contributed by atoms with Crippen LogP contribution in [0.15, 0.2) is 24.3 Å². The van der Waals surface area contributed by atoms with Crippen LogP contribution in [0, 0.1) is 5.82 Å². The summed E-state index contributed by atoms with van der Waals surface area (Å²) in [6.07, 6.45) is 3.29. The first kappa shape index (κ1) is 8.70. The van der Waals surface area contributed by atoms with E-state index in [0.717, 1.165) is 19.3 Å². The van der Waals surface area contributed by atoms with Crippen LogP contribution in [0.5, 0.6) is 0 Å². The van der Waals surface area contributed by atoms with Gasteiger partial charge < -0.3 is 5.73 Å². The Kier molecular flexibility index (Phi) is 2.32. The summed E-state index contributed by atoms with van der Waals surface area (Å²) < 4.78 is 12.6. The molecule has 1 nitrogen and oxygen atoms in total. The van der Waals surface area contributed by atoms with E-state index in [1.165, 1.54) is 17.7 Å². The predicted octanol–water partition coefficient (Wildman–Crippen LogP) is 2.42. The molecule has 2 heteroatoms. The second-order valence-electron chi connectivity index (χ2n) is 3.82. The molecule has 1 saturated carbocycles. The van der Waals surface area contributed by atoms with Crippen molar-refractivity contribution < 1.29 is 4.39 Å². The summed E-state index contributed by atoms with van der Waals surface area (Å²) in [5, 5.41) is 0. The maximum absolute atomic E-state index is 12.6. The van der Waals surface area contributed by atoms with Crippen LogP contribution in [-0.2, 0) is 0 Å². The average Bonchev–Trinajstić information content (AvgIpc) is 2.53. The van der Waals surface area contributed by atoms with E-state index >= 15 is 0 Å². The van der Waals surface area contributed by atoms with Crippen molar-refractivity contribution >= 4 is 0 Å². The van der Waals surface area contributed by atoms with Crippen molar-refractivity contribution in [2.75, 3.05) is 0 Å². The summed E-state index contributed by atoms with van der Waals surface area (Å²) in [4.78, 5) is 0. The van der Waals surface area contributed by atoms with Crippen LogP contribution in [-0.4, -0.2) is 6.04 Å². The van der Waals surface area contributed by atoms with Crippen LogP contribution in [0.4, 0.5) is 4.39 Å². The van der Waals surface area contributed by atoms with Gasteiger partial charge in [-0.1, -0.05) is 12.1 Å². The molecule has 0 aliphatic heterocycles. The summed E-state index contributed by atoms with van der Waals surface area (Å²) in [6.45, 7) is 0. The second-order valence-corrected chi connectivity index (χ2v) is 3.82. The van der Waals surface area contributed by atoms with Gasteiger partial charge in [0.2, 0.25) is 0 Å². The van der Waals surface area contributed by atoms with E-state index in [2.05, 4.69) is 0 Å². The molecule has 1 aliphatic rings. The lowest BCUT2D eigenvalue weighted by Gasteiger charge is -2.09. The molecule has 0 unspecified atom stereocenters. The summed E-state index contributed by atoms with van der Waals surface area (Å²) in [5.41, 5.74) is 7.05. The van der Waals surface area contributed by atoms with Gasteiger partial charge in [0.15, 0.2) is 0 Å². The minimum absolute atomic E-state index is 0.161. The summed E-state index contributed by atoms with van der Waals surface area (Å²) in [7, 11) is 0. The number of halogens is 1. The molecular formula is C11H14FN. The largest absolute Gasteiger partial charge is 0.328 e. The van der Waals surface area contributed by atoms with Crippen molar-refractivity contribution in [1.29, 1.82) is 0 Å². The molecule has 1 aromatic carbocycles. The van der Waals surface area contributed by atoms with Gasteiger partial charge in [-0.15, -0.1) is 0 Å². The van der Waals surface area contributed by atoms with E-state index in [-0.39, 0.29) is 5.82 Å². The van der Waals surface area contributed by atoms with E-state index < -0.39 is 0 Å². The smallest absolute Gasteiger partial charge is 0.123 e. The van der Waals surface area contributed by atoms with Crippen LogP contribution in [0.1, 0.15) is 30.7 Å². The first-order valence-corrected chi connectivity index (χ1v) is 4.77. The van der Waals surface area contributed by atoms with E-state index in [1.54, 1.807) is 0 Å². The zero-order chi connectivity index (χ0) is 9.26. The van der Waals surface area contributed by atoms with Gasteiger partial charge in [0.1, 0.15) is 5.82 Å². The zero-order valence-corrected chi connectivity index (χ0v) is 7.54. The predicted molar refractivity (Wildman–Crippen MR) is 51.0 cm³/mol.